The molecule has 0 spiro atoms. The lowest BCUT2D eigenvalue weighted by atomic mass is 9.90. The molecule has 1 fully saturated rings. The van der Waals surface area contributed by atoms with Crippen LogP contribution in [0.25, 0.3) is 0 Å². The average Bonchev–Trinajstić information content (AvgIpc) is 2.71. The van der Waals surface area contributed by atoms with Crippen molar-refractivity contribution in [3.05, 3.63) is 0 Å². The van der Waals surface area contributed by atoms with Crippen molar-refractivity contribution >= 4 is 6.09 Å². The lowest BCUT2D eigenvalue weighted by Gasteiger charge is -2.26. The van der Waals surface area contributed by atoms with Crippen molar-refractivity contribution < 1.29 is 9.53 Å². The Morgan fingerprint density at radius 3 is 2.30 bits per heavy atom. The van der Waals surface area contributed by atoms with E-state index in [-0.39, 0.29) is 12.1 Å². The summed E-state index contributed by atoms with van der Waals surface area (Å²) in [5.74, 6) is 0. The van der Waals surface area contributed by atoms with Crippen molar-refractivity contribution in [1.29, 1.82) is 0 Å². The second kappa shape index (κ2) is 6.79. The number of carbonyl (C=O) groups is 1. The number of ether oxygens (including phenoxy) is 1. The quantitative estimate of drug-likeness (QED) is 0.813. The van der Waals surface area contributed by atoms with E-state index >= 15 is 0 Å². The van der Waals surface area contributed by atoms with Crippen LogP contribution in [0.4, 0.5) is 4.79 Å². The minimum atomic E-state index is -0.425. The molecule has 0 heterocycles. The van der Waals surface area contributed by atoms with Crippen LogP contribution in [0.5, 0.6) is 0 Å². The number of hydrogen-bond acceptors (Lipinski definition) is 3. The van der Waals surface area contributed by atoms with Gasteiger partial charge in [-0.25, -0.2) is 4.79 Å². The SMILES string of the molecule is CCC(C)(C)CNC1CCC(NC(=O)OC(C)(C)C)C1. The van der Waals surface area contributed by atoms with Crippen molar-refractivity contribution in [2.24, 2.45) is 5.41 Å². The molecule has 118 valence electrons. The summed E-state index contributed by atoms with van der Waals surface area (Å²) in [6.45, 7) is 13.5. The van der Waals surface area contributed by atoms with Crippen LogP contribution in [0.2, 0.25) is 0 Å². The van der Waals surface area contributed by atoms with Crippen molar-refractivity contribution in [1.82, 2.24) is 10.6 Å². The predicted molar refractivity (Wildman–Crippen MR) is 82.9 cm³/mol. The van der Waals surface area contributed by atoms with Gasteiger partial charge < -0.3 is 15.4 Å². The van der Waals surface area contributed by atoms with E-state index in [0.29, 0.717) is 11.5 Å². The van der Waals surface area contributed by atoms with E-state index < -0.39 is 5.60 Å². The number of carbonyl (C=O) groups excluding carboxylic acids is 1. The van der Waals surface area contributed by atoms with Gasteiger partial charge in [-0.15, -0.1) is 0 Å². The van der Waals surface area contributed by atoms with Crippen molar-refractivity contribution in [3.8, 4) is 0 Å². The molecule has 4 nitrogen and oxygen atoms in total. The number of hydrogen-bond donors (Lipinski definition) is 2. The van der Waals surface area contributed by atoms with Crippen LogP contribution >= 0.6 is 0 Å². The smallest absolute Gasteiger partial charge is 0.407 e. The molecule has 0 bridgehead atoms. The number of alkyl carbamates (subject to hydrolysis) is 1. The van der Waals surface area contributed by atoms with Crippen LogP contribution < -0.4 is 10.6 Å². The van der Waals surface area contributed by atoms with Crippen molar-refractivity contribution in [2.75, 3.05) is 6.54 Å². The Kier molecular flexibility index (Phi) is 5.87. The molecule has 2 N–H and O–H groups in total. The summed E-state index contributed by atoms with van der Waals surface area (Å²) >= 11 is 0. The van der Waals surface area contributed by atoms with Crippen molar-refractivity contribution in [2.45, 2.75) is 84.9 Å². The summed E-state index contributed by atoms with van der Waals surface area (Å²) in [6, 6.07) is 0.757. The summed E-state index contributed by atoms with van der Waals surface area (Å²) in [5, 5.41) is 6.61. The van der Waals surface area contributed by atoms with Gasteiger partial charge in [0.1, 0.15) is 5.60 Å². The maximum Gasteiger partial charge on any atom is 0.407 e. The molecule has 2 unspecified atom stereocenters. The second-order valence-corrected chi connectivity index (χ2v) is 7.75. The molecule has 0 aromatic carbocycles. The summed E-state index contributed by atoms with van der Waals surface area (Å²) < 4.78 is 5.30. The summed E-state index contributed by atoms with van der Waals surface area (Å²) in [4.78, 5) is 11.7. The molecule has 1 rings (SSSR count). The van der Waals surface area contributed by atoms with E-state index in [9.17, 15) is 4.79 Å². The first-order chi connectivity index (χ1) is 9.11. The van der Waals surface area contributed by atoms with Gasteiger partial charge in [-0.05, 0) is 51.9 Å². The summed E-state index contributed by atoms with van der Waals surface area (Å²) in [7, 11) is 0. The lowest BCUT2D eigenvalue weighted by Crippen LogP contribution is -2.40. The Labute approximate surface area is 124 Å². The Bertz CT molecular complexity index is 321. The molecule has 1 saturated carbocycles. The van der Waals surface area contributed by atoms with E-state index in [1.807, 2.05) is 20.8 Å². The van der Waals surface area contributed by atoms with Gasteiger partial charge in [-0.1, -0.05) is 20.8 Å². The topological polar surface area (TPSA) is 50.4 Å². The van der Waals surface area contributed by atoms with Crippen LogP contribution in [0.3, 0.4) is 0 Å². The molecule has 4 heteroatoms. The van der Waals surface area contributed by atoms with Crippen LogP contribution in [0, 0.1) is 5.41 Å². The average molecular weight is 284 g/mol. The third-order valence-electron chi connectivity index (χ3n) is 3.98. The van der Waals surface area contributed by atoms with Gasteiger partial charge in [0.25, 0.3) is 0 Å². The monoisotopic (exact) mass is 284 g/mol. The minimum absolute atomic E-state index is 0.243. The third kappa shape index (κ3) is 6.60. The van der Waals surface area contributed by atoms with Gasteiger partial charge in [0, 0.05) is 18.6 Å². The Balaban J connectivity index is 2.28. The molecule has 1 aliphatic carbocycles. The third-order valence-corrected chi connectivity index (χ3v) is 3.98. The Morgan fingerprint density at radius 2 is 1.75 bits per heavy atom. The standard InChI is InChI=1S/C16H32N2O2/c1-7-16(5,6)11-17-12-8-9-13(10-12)18-14(19)20-15(2,3)4/h12-13,17H,7-11H2,1-6H3,(H,18,19). The summed E-state index contributed by atoms with van der Waals surface area (Å²) in [5.41, 5.74) is -0.0812. The fourth-order valence-electron chi connectivity index (χ4n) is 2.32. The number of nitrogens with one attached hydrogen (secondary N) is 2. The van der Waals surface area contributed by atoms with Gasteiger partial charge in [-0.3, -0.25) is 0 Å². The fraction of sp³-hybridized carbons (Fsp3) is 0.938. The molecule has 1 aliphatic rings. The van der Waals surface area contributed by atoms with Gasteiger partial charge in [0.15, 0.2) is 0 Å². The largest absolute Gasteiger partial charge is 0.444 e. The Morgan fingerprint density at radius 1 is 1.15 bits per heavy atom. The molecule has 20 heavy (non-hydrogen) atoms. The Hall–Kier alpha value is -0.770. The normalized spacial score (nSPS) is 23.7. The maximum absolute atomic E-state index is 11.7. The number of amides is 1. The second-order valence-electron chi connectivity index (χ2n) is 7.75. The molecule has 2 atom stereocenters. The molecule has 0 aromatic rings. The lowest BCUT2D eigenvalue weighted by molar-refractivity contribution is 0.0505. The van der Waals surface area contributed by atoms with Gasteiger partial charge in [0.05, 0.1) is 0 Å². The van der Waals surface area contributed by atoms with Crippen LogP contribution in [-0.4, -0.2) is 30.3 Å². The van der Waals surface area contributed by atoms with E-state index in [4.69, 9.17) is 4.74 Å². The van der Waals surface area contributed by atoms with E-state index in [2.05, 4.69) is 31.4 Å². The highest BCUT2D eigenvalue weighted by Crippen LogP contribution is 2.23. The fourth-order valence-corrected chi connectivity index (χ4v) is 2.32. The molecule has 0 aliphatic heterocycles. The minimum Gasteiger partial charge on any atom is -0.444 e. The number of rotatable bonds is 5. The van der Waals surface area contributed by atoms with E-state index in [1.54, 1.807) is 0 Å². The summed E-state index contributed by atoms with van der Waals surface area (Å²) in [6.07, 6.45) is 4.03. The molecule has 0 aromatic heterocycles. The first-order valence-electron chi connectivity index (χ1n) is 7.84. The zero-order valence-corrected chi connectivity index (χ0v) is 14.0. The zero-order valence-electron chi connectivity index (χ0n) is 14.0. The van der Waals surface area contributed by atoms with E-state index in [1.165, 1.54) is 6.42 Å². The van der Waals surface area contributed by atoms with Crippen LogP contribution in [0.15, 0.2) is 0 Å². The van der Waals surface area contributed by atoms with Crippen molar-refractivity contribution in [3.63, 3.8) is 0 Å². The first kappa shape index (κ1) is 17.3. The molecule has 0 radical (unpaired) electrons. The van der Waals surface area contributed by atoms with E-state index in [0.717, 1.165) is 25.8 Å². The van der Waals surface area contributed by atoms with Gasteiger partial charge in [-0.2, -0.15) is 0 Å². The van der Waals surface area contributed by atoms with Gasteiger partial charge in [0.2, 0.25) is 0 Å². The highest BCUT2D eigenvalue weighted by Gasteiger charge is 2.28. The molecular weight excluding hydrogens is 252 g/mol. The molecule has 1 amide bonds. The predicted octanol–water partition coefficient (Wildman–Crippen LogP) is 3.46. The van der Waals surface area contributed by atoms with Crippen LogP contribution in [-0.2, 0) is 4.74 Å². The van der Waals surface area contributed by atoms with Gasteiger partial charge >= 0.3 is 6.09 Å². The maximum atomic E-state index is 11.7. The molecule has 0 saturated heterocycles. The first-order valence-corrected chi connectivity index (χ1v) is 7.84. The molecular formula is C16H32N2O2. The zero-order chi connectivity index (χ0) is 15.4. The highest BCUT2D eigenvalue weighted by molar-refractivity contribution is 5.68. The highest BCUT2D eigenvalue weighted by atomic mass is 16.6. The van der Waals surface area contributed by atoms with Crippen LogP contribution in [0.1, 0.15) is 67.2 Å².